The van der Waals surface area contributed by atoms with Crippen LogP contribution in [0.5, 0.6) is 0 Å². The molecule has 21 heavy (non-hydrogen) atoms. The fourth-order valence-electron chi connectivity index (χ4n) is 2.10. The Bertz CT molecular complexity index is 583. The zero-order valence-corrected chi connectivity index (χ0v) is 14.5. The van der Waals surface area contributed by atoms with Crippen LogP contribution < -0.4 is 5.32 Å². The Labute approximate surface area is 135 Å². The lowest BCUT2D eigenvalue weighted by molar-refractivity contribution is -0.148. The van der Waals surface area contributed by atoms with Gasteiger partial charge in [-0.1, -0.05) is 13.8 Å². The number of thiophene rings is 1. The zero-order valence-electron chi connectivity index (χ0n) is 12.1. The van der Waals surface area contributed by atoms with E-state index in [0.717, 1.165) is 8.66 Å². The van der Waals surface area contributed by atoms with E-state index < -0.39 is 18.0 Å². The highest BCUT2D eigenvalue weighted by molar-refractivity contribution is 9.11. The maximum atomic E-state index is 12.3. The first-order valence-corrected chi connectivity index (χ1v) is 8.27. The lowest BCUT2D eigenvalue weighted by Gasteiger charge is -2.28. The van der Waals surface area contributed by atoms with E-state index in [1.54, 1.807) is 6.92 Å². The summed E-state index contributed by atoms with van der Waals surface area (Å²) in [6, 6.07) is 2.94. The van der Waals surface area contributed by atoms with E-state index >= 15 is 0 Å². The smallest absolute Gasteiger partial charge is 0.341 e. The molecule has 114 valence electrons. The van der Waals surface area contributed by atoms with E-state index in [2.05, 4.69) is 26.2 Å². The van der Waals surface area contributed by atoms with Gasteiger partial charge in [0.2, 0.25) is 0 Å². The summed E-state index contributed by atoms with van der Waals surface area (Å²) in [5.41, 5.74) is 0.488. The first kappa shape index (κ1) is 16.2. The Morgan fingerprint density at radius 2 is 2.24 bits per heavy atom. The molecule has 1 aliphatic heterocycles. The summed E-state index contributed by atoms with van der Waals surface area (Å²) in [7, 11) is 0. The third kappa shape index (κ3) is 3.91. The average Bonchev–Trinajstić information content (AvgIpc) is 2.81. The quantitative estimate of drug-likeness (QED) is 0.821. The monoisotopic (exact) mass is 372 g/mol. The van der Waals surface area contributed by atoms with Crippen molar-refractivity contribution in [2.24, 2.45) is 16.8 Å². The topological polar surface area (TPSA) is 67.8 Å². The number of amides is 2. The molecule has 5 nitrogen and oxygen atoms in total. The summed E-state index contributed by atoms with van der Waals surface area (Å²) >= 11 is 4.88. The molecule has 0 saturated heterocycles. The fourth-order valence-corrected chi connectivity index (χ4v) is 3.61. The average molecular weight is 373 g/mol. The molecule has 2 atom stereocenters. The predicted octanol–water partition coefficient (Wildman–Crippen LogP) is 3.55. The second-order valence-electron chi connectivity index (χ2n) is 5.32. The normalized spacial score (nSPS) is 22.0. The number of rotatable bonds is 4. The number of carbonyl (C=O) groups is 2. The van der Waals surface area contributed by atoms with Crippen LogP contribution >= 0.6 is 27.3 Å². The van der Waals surface area contributed by atoms with Crippen molar-refractivity contribution in [3.8, 4) is 0 Å². The molecular formula is C14H17BrN2O3S. The summed E-state index contributed by atoms with van der Waals surface area (Å²) in [6.07, 6.45) is 0. The minimum Gasteiger partial charge on any atom is -0.465 e. The molecule has 0 saturated carbocycles. The highest BCUT2D eigenvalue weighted by Crippen LogP contribution is 2.34. The number of esters is 1. The third-order valence-corrected chi connectivity index (χ3v) is 4.76. The van der Waals surface area contributed by atoms with E-state index in [0.29, 0.717) is 12.3 Å². The van der Waals surface area contributed by atoms with Gasteiger partial charge in [-0.15, -0.1) is 11.3 Å². The molecule has 0 fully saturated rings. The van der Waals surface area contributed by atoms with Gasteiger partial charge in [-0.25, -0.2) is 9.79 Å². The number of nitrogens with one attached hydrogen (secondary N) is 1. The number of urea groups is 1. The lowest BCUT2D eigenvalue weighted by atomic mass is 9.92. The van der Waals surface area contributed by atoms with Gasteiger partial charge in [-0.2, -0.15) is 0 Å². The minimum absolute atomic E-state index is 0.263. The van der Waals surface area contributed by atoms with Crippen LogP contribution in [0.15, 0.2) is 20.9 Å². The summed E-state index contributed by atoms with van der Waals surface area (Å²) in [5, 5.41) is 2.76. The van der Waals surface area contributed by atoms with Crippen molar-refractivity contribution in [3.05, 3.63) is 20.8 Å². The molecule has 0 aromatic carbocycles. The molecule has 1 aromatic rings. The molecule has 2 rings (SSSR count). The van der Waals surface area contributed by atoms with Crippen LogP contribution in [0.1, 0.15) is 31.7 Å². The van der Waals surface area contributed by atoms with E-state index in [9.17, 15) is 9.59 Å². The van der Waals surface area contributed by atoms with E-state index in [1.807, 2.05) is 26.0 Å². The molecule has 0 aliphatic carbocycles. The SMILES string of the molecule is CC1=NC(=O)NC(c2ccc(Br)s2)C1C(=O)OCC(C)C. The van der Waals surface area contributed by atoms with Gasteiger partial charge in [0, 0.05) is 10.6 Å². The van der Waals surface area contributed by atoms with Crippen LogP contribution in [0.4, 0.5) is 4.79 Å². The number of halogens is 1. The van der Waals surface area contributed by atoms with Gasteiger partial charge in [0.25, 0.3) is 0 Å². The van der Waals surface area contributed by atoms with Crippen molar-refractivity contribution in [1.82, 2.24) is 5.32 Å². The molecular weight excluding hydrogens is 356 g/mol. The Kier molecular flexibility index (Phi) is 5.16. The van der Waals surface area contributed by atoms with Gasteiger partial charge in [0.15, 0.2) is 0 Å². The van der Waals surface area contributed by atoms with Gasteiger partial charge in [0.05, 0.1) is 16.4 Å². The van der Waals surface area contributed by atoms with Crippen molar-refractivity contribution in [2.75, 3.05) is 6.61 Å². The van der Waals surface area contributed by atoms with Crippen LogP contribution in [-0.2, 0) is 9.53 Å². The molecule has 0 bridgehead atoms. The number of ether oxygens (including phenoxy) is 1. The van der Waals surface area contributed by atoms with Crippen molar-refractivity contribution < 1.29 is 14.3 Å². The highest BCUT2D eigenvalue weighted by Gasteiger charge is 2.38. The molecule has 7 heteroatoms. The van der Waals surface area contributed by atoms with Crippen molar-refractivity contribution in [1.29, 1.82) is 0 Å². The molecule has 2 amide bonds. The van der Waals surface area contributed by atoms with E-state index in [1.165, 1.54) is 11.3 Å². The van der Waals surface area contributed by atoms with Crippen LogP contribution in [0.25, 0.3) is 0 Å². The van der Waals surface area contributed by atoms with Crippen LogP contribution in [-0.4, -0.2) is 24.3 Å². The van der Waals surface area contributed by atoms with Crippen molar-refractivity contribution >= 4 is 45.0 Å². The Balaban J connectivity index is 2.26. The zero-order chi connectivity index (χ0) is 15.6. The Morgan fingerprint density at radius 1 is 1.52 bits per heavy atom. The lowest BCUT2D eigenvalue weighted by Crippen LogP contribution is -2.44. The Hall–Kier alpha value is -1.21. The van der Waals surface area contributed by atoms with Crippen LogP contribution in [0.3, 0.4) is 0 Å². The summed E-state index contributed by atoms with van der Waals surface area (Å²) < 4.78 is 6.27. The standard InChI is InChI=1S/C14H17BrN2O3S/c1-7(2)6-20-13(18)11-8(3)16-14(19)17-12(11)9-4-5-10(15)21-9/h4-5,7,11-12H,6H2,1-3H3,(H,17,19). The molecule has 1 aromatic heterocycles. The minimum atomic E-state index is -0.577. The number of hydrogen-bond donors (Lipinski definition) is 1. The molecule has 0 spiro atoms. The number of nitrogens with zero attached hydrogens (tertiary/aromatic N) is 1. The number of aliphatic imine (C=N–C) groups is 1. The van der Waals surface area contributed by atoms with Gasteiger partial charge < -0.3 is 10.1 Å². The number of hydrogen-bond acceptors (Lipinski definition) is 4. The highest BCUT2D eigenvalue weighted by atomic mass is 79.9. The number of carbonyl (C=O) groups excluding carboxylic acids is 2. The molecule has 1 N–H and O–H groups in total. The van der Waals surface area contributed by atoms with Crippen molar-refractivity contribution in [2.45, 2.75) is 26.8 Å². The fraction of sp³-hybridized carbons (Fsp3) is 0.500. The second-order valence-corrected chi connectivity index (χ2v) is 7.82. The first-order chi connectivity index (χ1) is 9.88. The second kappa shape index (κ2) is 6.70. The molecule has 0 radical (unpaired) electrons. The van der Waals surface area contributed by atoms with Gasteiger partial charge in [-0.3, -0.25) is 4.79 Å². The molecule has 2 heterocycles. The van der Waals surface area contributed by atoms with Crippen LogP contribution in [0, 0.1) is 11.8 Å². The summed E-state index contributed by atoms with van der Waals surface area (Å²) in [4.78, 5) is 28.7. The van der Waals surface area contributed by atoms with Gasteiger partial charge in [-0.05, 0) is 40.9 Å². The van der Waals surface area contributed by atoms with E-state index in [4.69, 9.17) is 4.74 Å². The third-order valence-electron chi connectivity index (χ3n) is 3.05. The molecule has 2 unspecified atom stereocenters. The summed E-state index contributed by atoms with van der Waals surface area (Å²) in [6.45, 7) is 6.00. The first-order valence-electron chi connectivity index (χ1n) is 6.66. The predicted molar refractivity (Wildman–Crippen MR) is 85.7 cm³/mol. The molecule has 1 aliphatic rings. The maximum absolute atomic E-state index is 12.3. The maximum Gasteiger partial charge on any atom is 0.341 e. The van der Waals surface area contributed by atoms with Gasteiger partial charge in [0.1, 0.15) is 5.92 Å². The largest absolute Gasteiger partial charge is 0.465 e. The van der Waals surface area contributed by atoms with E-state index in [-0.39, 0.29) is 11.9 Å². The summed E-state index contributed by atoms with van der Waals surface area (Å²) in [5.74, 6) is -0.662. The van der Waals surface area contributed by atoms with Crippen molar-refractivity contribution in [3.63, 3.8) is 0 Å². The van der Waals surface area contributed by atoms with Gasteiger partial charge >= 0.3 is 12.0 Å². The Morgan fingerprint density at radius 3 is 2.81 bits per heavy atom. The van der Waals surface area contributed by atoms with Crippen LogP contribution in [0.2, 0.25) is 0 Å².